The number of hydrogen-bond acceptors (Lipinski definition) is 3. The van der Waals surface area contributed by atoms with E-state index < -0.39 is 12.0 Å². The van der Waals surface area contributed by atoms with Crippen molar-refractivity contribution in [2.75, 3.05) is 20.7 Å². The number of aryl methyl sites for hydroxylation is 1. The summed E-state index contributed by atoms with van der Waals surface area (Å²) in [4.78, 5) is 12.7. The molecule has 0 spiro atoms. The summed E-state index contributed by atoms with van der Waals surface area (Å²) in [6.07, 6.45) is 1.80. The Labute approximate surface area is 108 Å². The third kappa shape index (κ3) is 4.04. The van der Waals surface area contributed by atoms with Gasteiger partial charge >= 0.3 is 5.97 Å². The summed E-state index contributed by atoms with van der Waals surface area (Å²) in [5, 5.41) is 8.89. The molecule has 1 unspecified atom stereocenters. The number of nitrogens with zero attached hydrogens (tertiary/aromatic N) is 1. The maximum absolute atomic E-state index is 10.8. The molecule has 1 aromatic carbocycles. The third-order valence-corrected chi connectivity index (χ3v) is 3.17. The number of para-hydroxylation sites is 1. The molecule has 18 heavy (non-hydrogen) atoms. The van der Waals surface area contributed by atoms with E-state index in [2.05, 4.69) is 0 Å². The van der Waals surface area contributed by atoms with Crippen molar-refractivity contribution >= 4 is 5.97 Å². The lowest BCUT2D eigenvalue weighted by atomic mass is 10.1. The Bertz CT molecular complexity index is 392. The molecule has 1 N–H and O–H groups in total. The fourth-order valence-corrected chi connectivity index (χ4v) is 1.81. The minimum Gasteiger partial charge on any atom is -0.496 e. The van der Waals surface area contributed by atoms with Gasteiger partial charge < -0.3 is 9.84 Å². The van der Waals surface area contributed by atoms with E-state index in [1.807, 2.05) is 36.2 Å². The second-order valence-corrected chi connectivity index (χ2v) is 4.41. The van der Waals surface area contributed by atoms with Crippen LogP contribution in [0, 0.1) is 0 Å². The predicted octanol–water partition coefficient (Wildman–Crippen LogP) is 2.03. The molecule has 0 aliphatic carbocycles. The van der Waals surface area contributed by atoms with Crippen molar-refractivity contribution in [3.05, 3.63) is 29.8 Å². The summed E-state index contributed by atoms with van der Waals surface area (Å²) < 4.78 is 5.28. The number of ether oxygens (including phenoxy) is 1. The van der Waals surface area contributed by atoms with Crippen LogP contribution in [0.2, 0.25) is 0 Å². The molecule has 1 aromatic rings. The van der Waals surface area contributed by atoms with Crippen LogP contribution in [0.1, 0.15) is 18.9 Å². The lowest BCUT2D eigenvalue weighted by Crippen LogP contribution is -2.36. The summed E-state index contributed by atoms with van der Waals surface area (Å²) in [5.41, 5.74) is 1.16. The second-order valence-electron chi connectivity index (χ2n) is 4.41. The van der Waals surface area contributed by atoms with Crippen LogP contribution in [0.4, 0.5) is 0 Å². The minimum absolute atomic E-state index is 0.442. The Morgan fingerprint density at radius 2 is 2.11 bits per heavy atom. The summed E-state index contributed by atoms with van der Waals surface area (Å²) in [6, 6.07) is 7.48. The average Bonchev–Trinajstić information content (AvgIpc) is 2.38. The van der Waals surface area contributed by atoms with E-state index in [9.17, 15) is 4.79 Å². The SMILES string of the molecule is COc1ccccc1CCCN(C)C(C)C(=O)O. The van der Waals surface area contributed by atoms with Crippen LogP contribution in [0.15, 0.2) is 24.3 Å². The molecular weight excluding hydrogens is 230 g/mol. The third-order valence-electron chi connectivity index (χ3n) is 3.17. The molecule has 4 heteroatoms. The first-order valence-corrected chi connectivity index (χ1v) is 6.11. The highest BCUT2D eigenvalue weighted by Crippen LogP contribution is 2.18. The van der Waals surface area contributed by atoms with Gasteiger partial charge in [-0.15, -0.1) is 0 Å². The molecule has 1 rings (SSSR count). The molecule has 0 radical (unpaired) electrons. The van der Waals surface area contributed by atoms with Gasteiger partial charge in [0, 0.05) is 0 Å². The zero-order valence-corrected chi connectivity index (χ0v) is 11.2. The van der Waals surface area contributed by atoms with Gasteiger partial charge in [0.1, 0.15) is 11.8 Å². The normalized spacial score (nSPS) is 12.4. The number of rotatable bonds is 7. The first kappa shape index (κ1) is 14.5. The van der Waals surface area contributed by atoms with Crippen LogP contribution in [-0.2, 0) is 11.2 Å². The lowest BCUT2D eigenvalue weighted by Gasteiger charge is -2.21. The molecular formula is C14H21NO3. The van der Waals surface area contributed by atoms with Gasteiger partial charge in [-0.05, 0) is 45.0 Å². The topological polar surface area (TPSA) is 49.8 Å². The van der Waals surface area contributed by atoms with Gasteiger partial charge in [0.25, 0.3) is 0 Å². The Morgan fingerprint density at radius 1 is 1.44 bits per heavy atom. The zero-order valence-electron chi connectivity index (χ0n) is 11.2. The molecule has 0 saturated heterocycles. The van der Waals surface area contributed by atoms with Gasteiger partial charge in [-0.3, -0.25) is 9.69 Å². The van der Waals surface area contributed by atoms with Crippen LogP contribution >= 0.6 is 0 Å². The van der Waals surface area contributed by atoms with Crippen LogP contribution in [-0.4, -0.2) is 42.7 Å². The molecule has 4 nitrogen and oxygen atoms in total. The number of likely N-dealkylation sites (N-methyl/N-ethyl adjacent to an activating group) is 1. The van der Waals surface area contributed by atoms with E-state index >= 15 is 0 Å². The first-order valence-electron chi connectivity index (χ1n) is 6.11. The number of carboxylic acid groups (broad SMARTS) is 1. The quantitative estimate of drug-likeness (QED) is 0.805. The predicted molar refractivity (Wildman–Crippen MR) is 71.0 cm³/mol. The van der Waals surface area contributed by atoms with Crippen LogP contribution in [0.3, 0.4) is 0 Å². The molecule has 0 fully saturated rings. The average molecular weight is 251 g/mol. The van der Waals surface area contributed by atoms with E-state index in [0.29, 0.717) is 0 Å². The molecule has 100 valence electrons. The lowest BCUT2D eigenvalue weighted by molar-refractivity contribution is -0.142. The standard InChI is InChI=1S/C14H21NO3/c1-11(14(16)17)15(2)10-6-8-12-7-4-5-9-13(12)18-3/h4-5,7,9,11H,6,8,10H2,1-3H3,(H,16,17). The van der Waals surface area contributed by atoms with Gasteiger partial charge in [0.15, 0.2) is 0 Å². The minimum atomic E-state index is -0.783. The molecule has 0 heterocycles. The van der Waals surface area contributed by atoms with Crippen molar-refractivity contribution in [1.29, 1.82) is 0 Å². The molecule has 0 aromatic heterocycles. The number of methoxy groups -OCH3 is 1. The van der Waals surface area contributed by atoms with Gasteiger partial charge in [-0.2, -0.15) is 0 Å². The molecule has 0 aliphatic heterocycles. The van der Waals surface area contributed by atoms with Crippen LogP contribution in [0.25, 0.3) is 0 Å². The molecule has 1 atom stereocenters. The van der Waals surface area contributed by atoms with E-state index in [0.717, 1.165) is 30.7 Å². The first-order chi connectivity index (χ1) is 8.56. The van der Waals surface area contributed by atoms with Crippen molar-refractivity contribution in [1.82, 2.24) is 4.90 Å². The highest BCUT2D eigenvalue weighted by molar-refractivity contribution is 5.72. The van der Waals surface area contributed by atoms with E-state index in [1.165, 1.54) is 0 Å². The van der Waals surface area contributed by atoms with E-state index in [-0.39, 0.29) is 0 Å². The van der Waals surface area contributed by atoms with Crippen LogP contribution < -0.4 is 4.74 Å². The number of aliphatic carboxylic acids is 1. The Kier molecular flexibility index (Phi) is 5.65. The molecule has 0 bridgehead atoms. The Balaban J connectivity index is 2.44. The molecule has 0 saturated carbocycles. The fraction of sp³-hybridized carbons (Fsp3) is 0.500. The number of benzene rings is 1. The van der Waals surface area contributed by atoms with Crippen molar-refractivity contribution in [3.8, 4) is 5.75 Å². The maximum Gasteiger partial charge on any atom is 0.320 e. The van der Waals surface area contributed by atoms with E-state index in [4.69, 9.17) is 9.84 Å². The van der Waals surface area contributed by atoms with E-state index in [1.54, 1.807) is 14.0 Å². The van der Waals surface area contributed by atoms with Crippen molar-refractivity contribution in [3.63, 3.8) is 0 Å². The number of hydrogen-bond donors (Lipinski definition) is 1. The summed E-state index contributed by atoms with van der Waals surface area (Å²) in [5.74, 6) is 0.112. The smallest absolute Gasteiger partial charge is 0.320 e. The maximum atomic E-state index is 10.8. The zero-order chi connectivity index (χ0) is 13.5. The number of carbonyl (C=O) groups is 1. The van der Waals surface area contributed by atoms with Gasteiger partial charge in [0.2, 0.25) is 0 Å². The molecule has 0 amide bonds. The van der Waals surface area contributed by atoms with Crippen molar-refractivity contribution < 1.29 is 14.6 Å². The van der Waals surface area contributed by atoms with Crippen LogP contribution in [0.5, 0.6) is 5.75 Å². The Hall–Kier alpha value is -1.55. The highest BCUT2D eigenvalue weighted by Gasteiger charge is 2.15. The Morgan fingerprint density at radius 3 is 2.72 bits per heavy atom. The number of carboxylic acids is 1. The largest absolute Gasteiger partial charge is 0.496 e. The molecule has 0 aliphatic rings. The van der Waals surface area contributed by atoms with Gasteiger partial charge in [-0.1, -0.05) is 18.2 Å². The van der Waals surface area contributed by atoms with Gasteiger partial charge in [-0.25, -0.2) is 0 Å². The summed E-state index contributed by atoms with van der Waals surface area (Å²) >= 11 is 0. The summed E-state index contributed by atoms with van der Waals surface area (Å²) in [7, 11) is 3.50. The van der Waals surface area contributed by atoms with Gasteiger partial charge in [0.05, 0.1) is 7.11 Å². The fourth-order valence-electron chi connectivity index (χ4n) is 1.81. The second kappa shape index (κ2) is 7.01. The highest BCUT2D eigenvalue weighted by atomic mass is 16.5. The monoisotopic (exact) mass is 251 g/mol. The van der Waals surface area contributed by atoms with Crippen molar-refractivity contribution in [2.45, 2.75) is 25.8 Å². The van der Waals surface area contributed by atoms with Crippen molar-refractivity contribution in [2.24, 2.45) is 0 Å². The summed E-state index contributed by atoms with van der Waals surface area (Å²) in [6.45, 7) is 2.46.